The molecule has 0 saturated carbocycles. The average Bonchev–Trinajstić information content (AvgIpc) is 2.45. The molecule has 2 aromatic rings. The lowest BCUT2D eigenvalue weighted by Gasteiger charge is -2.19. The zero-order valence-corrected chi connectivity index (χ0v) is 12.8. The Balaban J connectivity index is 2.25. The summed E-state index contributed by atoms with van der Waals surface area (Å²) >= 11 is 7.84. The van der Waals surface area contributed by atoms with E-state index in [9.17, 15) is 0 Å². The minimum Gasteiger partial charge on any atom is -0.313 e. The van der Waals surface area contributed by atoms with Gasteiger partial charge in [0.2, 0.25) is 0 Å². The fourth-order valence-corrected chi connectivity index (χ4v) is 3.10. The van der Waals surface area contributed by atoms with Crippen LogP contribution in [0.1, 0.15) is 17.2 Å². The van der Waals surface area contributed by atoms with Gasteiger partial charge in [0, 0.05) is 16.0 Å². The first-order chi connectivity index (χ1) is 9.24. The Bertz CT molecular complexity index is 542. The summed E-state index contributed by atoms with van der Waals surface area (Å²) in [5, 5.41) is 4.20. The van der Waals surface area contributed by atoms with Gasteiger partial charge in [-0.1, -0.05) is 41.9 Å². The van der Waals surface area contributed by atoms with E-state index in [2.05, 4.69) is 41.9 Å². The number of hydrogen-bond donors (Lipinski definition) is 1. The largest absolute Gasteiger partial charge is 0.313 e. The van der Waals surface area contributed by atoms with Gasteiger partial charge in [0.15, 0.2) is 0 Å². The van der Waals surface area contributed by atoms with Crippen molar-refractivity contribution in [1.82, 2.24) is 5.32 Å². The van der Waals surface area contributed by atoms with E-state index in [0.29, 0.717) is 6.04 Å². The van der Waals surface area contributed by atoms with Crippen LogP contribution >= 0.6 is 23.4 Å². The number of likely N-dealkylation sites (N-methyl/N-ethyl adjacent to an activating group) is 1. The van der Waals surface area contributed by atoms with Gasteiger partial charge in [-0.25, -0.2) is 0 Å². The summed E-state index contributed by atoms with van der Waals surface area (Å²) in [6, 6.07) is 16.9. The number of benzene rings is 2. The van der Waals surface area contributed by atoms with Crippen LogP contribution in [0.25, 0.3) is 0 Å². The van der Waals surface area contributed by atoms with Gasteiger partial charge in [-0.2, -0.15) is 0 Å². The van der Waals surface area contributed by atoms with Crippen molar-refractivity contribution < 1.29 is 0 Å². The van der Waals surface area contributed by atoms with Crippen LogP contribution in [-0.2, 0) is 6.42 Å². The Morgan fingerprint density at radius 2 is 1.95 bits per heavy atom. The predicted octanol–water partition coefficient (Wildman–Crippen LogP) is 4.57. The zero-order valence-electron chi connectivity index (χ0n) is 11.2. The second-order valence-corrected chi connectivity index (χ2v) is 5.70. The quantitative estimate of drug-likeness (QED) is 0.810. The van der Waals surface area contributed by atoms with Gasteiger partial charge in [-0.15, -0.1) is 11.8 Å². The smallest absolute Gasteiger partial charge is 0.0408 e. The maximum absolute atomic E-state index is 6.05. The van der Waals surface area contributed by atoms with Crippen molar-refractivity contribution in [3.05, 3.63) is 64.7 Å². The molecule has 100 valence electrons. The van der Waals surface area contributed by atoms with E-state index >= 15 is 0 Å². The summed E-state index contributed by atoms with van der Waals surface area (Å²) in [5.74, 6) is 0. The maximum Gasteiger partial charge on any atom is 0.0408 e. The maximum atomic E-state index is 6.05. The second kappa shape index (κ2) is 6.99. The Kier molecular flexibility index (Phi) is 5.32. The fourth-order valence-electron chi connectivity index (χ4n) is 2.22. The number of nitrogens with one attached hydrogen (secondary N) is 1. The van der Waals surface area contributed by atoms with Gasteiger partial charge >= 0.3 is 0 Å². The van der Waals surface area contributed by atoms with E-state index in [1.165, 1.54) is 16.0 Å². The molecule has 1 atom stereocenters. The lowest BCUT2D eigenvalue weighted by molar-refractivity contribution is 0.583. The van der Waals surface area contributed by atoms with E-state index in [-0.39, 0.29) is 0 Å². The predicted molar refractivity (Wildman–Crippen MR) is 85.2 cm³/mol. The summed E-state index contributed by atoms with van der Waals surface area (Å²) in [6.45, 7) is 0. The molecule has 0 bridgehead atoms. The standard InChI is InChI=1S/C16H18ClNS/c1-18-15(11-12-6-5-7-13(17)10-12)14-8-3-4-9-16(14)19-2/h3-10,15,18H,11H2,1-2H3. The highest BCUT2D eigenvalue weighted by molar-refractivity contribution is 7.98. The van der Waals surface area contributed by atoms with Crippen molar-refractivity contribution >= 4 is 23.4 Å². The molecule has 3 heteroatoms. The molecule has 0 aliphatic rings. The molecule has 0 amide bonds. The molecule has 0 aliphatic heterocycles. The van der Waals surface area contributed by atoms with Gasteiger partial charge < -0.3 is 5.32 Å². The molecule has 0 fully saturated rings. The molecule has 1 N–H and O–H groups in total. The van der Waals surface area contributed by atoms with Crippen LogP contribution in [-0.4, -0.2) is 13.3 Å². The molecular formula is C16H18ClNS. The van der Waals surface area contributed by atoms with E-state index in [4.69, 9.17) is 11.6 Å². The second-order valence-electron chi connectivity index (χ2n) is 4.42. The molecule has 2 aromatic carbocycles. The Hall–Kier alpha value is -0.960. The van der Waals surface area contributed by atoms with Crippen LogP contribution in [0.15, 0.2) is 53.4 Å². The summed E-state index contributed by atoms with van der Waals surface area (Å²) < 4.78 is 0. The Morgan fingerprint density at radius 3 is 2.63 bits per heavy atom. The molecule has 1 nitrogen and oxygen atoms in total. The van der Waals surface area contributed by atoms with Crippen molar-refractivity contribution in [2.45, 2.75) is 17.4 Å². The van der Waals surface area contributed by atoms with Crippen molar-refractivity contribution in [3.63, 3.8) is 0 Å². The van der Waals surface area contributed by atoms with Crippen molar-refractivity contribution in [3.8, 4) is 0 Å². The van der Waals surface area contributed by atoms with Crippen molar-refractivity contribution in [1.29, 1.82) is 0 Å². The highest BCUT2D eigenvalue weighted by Crippen LogP contribution is 2.28. The van der Waals surface area contributed by atoms with Crippen LogP contribution in [0.3, 0.4) is 0 Å². The van der Waals surface area contributed by atoms with Gasteiger partial charge in [-0.05, 0) is 49.1 Å². The number of thioether (sulfide) groups is 1. The van der Waals surface area contributed by atoms with Crippen LogP contribution in [0.2, 0.25) is 5.02 Å². The highest BCUT2D eigenvalue weighted by atomic mass is 35.5. The van der Waals surface area contributed by atoms with E-state index in [0.717, 1.165) is 11.4 Å². The normalized spacial score (nSPS) is 12.4. The first kappa shape index (κ1) is 14.4. The van der Waals surface area contributed by atoms with Crippen LogP contribution in [0.4, 0.5) is 0 Å². The third-order valence-corrected chi connectivity index (χ3v) is 4.24. The lowest BCUT2D eigenvalue weighted by Crippen LogP contribution is -2.19. The number of halogens is 1. The molecule has 0 radical (unpaired) electrons. The van der Waals surface area contributed by atoms with Crippen LogP contribution in [0.5, 0.6) is 0 Å². The molecule has 0 aromatic heterocycles. The molecule has 0 saturated heterocycles. The monoisotopic (exact) mass is 291 g/mol. The first-order valence-corrected chi connectivity index (χ1v) is 7.89. The molecule has 19 heavy (non-hydrogen) atoms. The molecular weight excluding hydrogens is 274 g/mol. The molecule has 2 rings (SSSR count). The Morgan fingerprint density at radius 1 is 1.16 bits per heavy atom. The highest BCUT2D eigenvalue weighted by Gasteiger charge is 2.13. The van der Waals surface area contributed by atoms with Gasteiger partial charge in [0.1, 0.15) is 0 Å². The molecule has 0 spiro atoms. The third kappa shape index (κ3) is 3.75. The number of hydrogen-bond acceptors (Lipinski definition) is 2. The summed E-state index contributed by atoms with van der Waals surface area (Å²) in [6.07, 6.45) is 3.06. The average molecular weight is 292 g/mol. The first-order valence-electron chi connectivity index (χ1n) is 6.29. The van der Waals surface area contributed by atoms with Crippen LogP contribution < -0.4 is 5.32 Å². The van der Waals surface area contributed by atoms with Gasteiger partial charge in [0.25, 0.3) is 0 Å². The summed E-state index contributed by atoms with van der Waals surface area (Å²) in [5.41, 5.74) is 2.60. The molecule has 1 unspecified atom stereocenters. The minimum absolute atomic E-state index is 0.308. The van der Waals surface area contributed by atoms with Gasteiger partial charge in [0.05, 0.1) is 0 Å². The zero-order chi connectivity index (χ0) is 13.7. The SMILES string of the molecule is CNC(Cc1cccc(Cl)c1)c1ccccc1SC. The van der Waals surface area contributed by atoms with E-state index in [1.54, 1.807) is 11.8 Å². The minimum atomic E-state index is 0.308. The molecule has 0 heterocycles. The van der Waals surface area contributed by atoms with Crippen LogP contribution in [0, 0.1) is 0 Å². The van der Waals surface area contributed by atoms with E-state index < -0.39 is 0 Å². The third-order valence-electron chi connectivity index (χ3n) is 3.19. The fraction of sp³-hybridized carbons (Fsp3) is 0.250. The number of rotatable bonds is 5. The molecule has 0 aliphatic carbocycles. The van der Waals surface area contributed by atoms with Gasteiger partial charge in [-0.3, -0.25) is 0 Å². The van der Waals surface area contributed by atoms with Crippen molar-refractivity contribution in [2.75, 3.05) is 13.3 Å². The van der Waals surface area contributed by atoms with E-state index in [1.807, 2.05) is 25.2 Å². The summed E-state index contributed by atoms with van der Waals surface area (Å²) in [7, 11) is 2.01. The lowest BCUT2D eigenvalue weighted by atomic mass is 9.99. The summed E-state index contributed by atoms with van der Waals surface area (Å²) in [4.78, 5) is 1.32. The topological polar surface area (TPSA) is 12.0 Å². The van der Waals surface area contributed by atoms with Crippen molar-refractivity contribution in [2.24, 2.45) is 0 Å². The Labute approximate surface area is 124 Å².